The average molecular weight is 210 g/mol. The van der Waals surface area contributed by atoms with Gasteiger partial charge in [-0.05, 0) is 37.5 Å². The van der Waals surface area contributed by atoms with Crippen LogP contribution in [-0.2, 0) is 4.79 Å². The van der Waals surface area contributed by atoms with Crippen molar-refractivity contribution >= 4 is 5.97 Å². The van der Waals surface area contributed by atoms with Gasteiger partial charge in [-0.15, -0.1) is 0 Å². The Morgan fingerprint density at radius 2 is 2.13 bits per heavy atom. The van der Waals surface area contributed by atoms with Crippen molar-refractivity contribution in [2.45, 2.75) is 58.3 Å². The third-order valence-corrected chi connectivity index (χ3v) is 4.27. The monoisotopic (exact) mass is 210 g/mol. The zero-order valence-electron chi connectivity index (χ0n) is 9.67. The van der Waals surface area contributed by atoms with Crippen molar-refractivity contribution in [1.82, 2.24) is 0 Å². The third kappa shape index (κ3) is 2.53. The lowest BCUT2D eigenvalue weighted by Crippen LogP contribution is -2.36. The van der Waals surface area contributed by atoms with E-state index in [1.807, 2.05) is 0 Å². The molecule has 15 heavy (non-hydrogen) atoms. The molecule has 2 aliphatic carbocycles. The number of hydrogen-bond donors (Lipinski definition) is 1. The maximum Gasteiger partial charge on any atom is 0.309 e. The highest BCUT2D eigenvalue weighted by atomic mass is 16.4. The maximum atomic E-state index is 11.5. The average Bonchev–Trinajstić information content (AvgIpc) is 2.98. The van der Waals surface area contributed by atoms with Gasteiger partial charge in [0.1, 0.15) is 0 Å². The normalized spacial score (nSPS) is 36.5. The summed E-state index contributed by atoms with van der Waals surface area (Å²) in [5.74, 6) is 0.933. The zero-order chi connectivity index (χ0) is 10.9. The smallest absolute Gasteiger partial charge is 0.309 e. The number of hydrogen-bond acceptors (Lipinski definition) is 1. The number of carboxylic acid groups (broad SMARTS) is 1. The molecule has 0 aromatic heterocycles. The van der Waals surface area contributed by atoms with Crippen molar-refractivity contribution in [3.8, 4) is 0 Å². The molecule has 0 heterocycles. The SMILES string of the molecule is CC1CCCC(CCC2CC2)(C(=O)O)C1. The molecule has 0 bridgehead atoms. The summed E-state index contributed by atoms with van der Waals surface area (Å²) in [4.78, 5) is 11.5. The van der Waals surface area contributed by atoms with Gasteiger partial charge in [0.25, 0.3) is 0 Å². The number of rotatable bonds is 4. The summed E-state index contributed by atoms with van der Waals surface area (Å²) in [5, 5.41) is 9.44. The van der Waals surface area contributed by atoms with E-state index < -0.39 is 5.97 Å². The lowest BCUT2D eigenvalue weighted by molar-refractivity contribution is -0.152. The fraction of sp³-hybridized carbons (Fsp3) is 0.923. The molecule has 2 heteroatoms. The Kier molecular flexibility index (Phi) is 3.03. The van der Waals surface area contributed by atoms with Crippen LogP contribution in [-0.4, -0.2) is 11.1 Å². The molecule has 1 N–H and O–H groups in total. The van der Waals surface area contributed by atoms with E-state index in [-0.39, 0.29) is 5.41 Å². The van der Waals surface area contributed by atoms with Crippen LogP contribution in [0.1, 0.15) is 58.3 Å². The standard InChI is InChI=1S/C13H22O2/c1-10-3-2-7-13(9-10,12(14)15)8-6-11-4-5-11/h10-11H,2-9H2,1H3,(H,14,15). The molecule has 2 rings (SSSR count). The first-order chi connectivity index (χ1) is 7.12. The molecule has 2 saturated carbocycles. The van der Waals surface area contributed by atoms with Gasteiger partial charge < -0.3 is 5.11 Å². The van der Waals surface area contributed by atoms with Crippen LogP contribution in [0.25, 0.3) is 0 Å². The molecule has 0 aromatic rings. The maximum absolute atomic E-state index is 11.5. The summed E-state index contributed by atoms with van der Waals surface area (Å²) in [6.45, 7) is 2.20. The minimum Gasteiger partial charge on any atom is -0.481 e. The second-order valence-corrected chi connectivity index (χ2v) is 5.77. The minimum atomic E-state index is -0.533. The molecule has 2 atom stereocenters. The van der Waals surface area contributed by atoms with Gasteiger partial charge in [0.2, 0.25) is 0 Å². The summed E-state index contributed by atoms with van der Waals surface area (Å²) < 4.78 is 0. The van der Waals surface area contributed by atoms with Crippen LogP contribution >= 0.6 is 0 Å². The molecule has 2 fully saturated rings. The highest BCUT2D eigenvalue weighted by Gasteiger charge is 2.42. The first-order valence-corrected chi connectivity index (χ1v) is 6.36. The van der Waals surface area contributed by atoms with E-state index in [2.05, 4.69) is 6.92 Å². The Labute approximate surface area is 92.1 Å². The van der Waals surface area contributed by atoms with Crippen molar-refractivity contribution in [2.75, 3.05) is 0 Å². The van der Waals surface area contributed by atoms with Crippen LogP contribution in [0, 0.1) is 17.3 Å². The van der Waals surface area contributed by atoms with Crippen molar-refractivity contribution in [1.29, 1.82) is 0 Å². The summed E-state index contributed by atoms with van der Waals surface area (Å²) in [5.41, 5.74) is -0.361. The summed E-state index contributed by atoms with van der Waals surface area (Å²) in [6.07, 6.45) is 8.91. The highest BCUT2D eigenvalue weighted by molar-refractivity contribution is 5.74. The topological polar surface area (TPSA) is 37.3 Å². The molecule has 2 nitrogen and oxygen atoms in total. The van der Waals surface area contributed by atoms with Gasteiger partial charge in [-0.25, -0.2) is 0 Å². The van der Waals surface area contributed by atoms with Crippen LogP contribution in [0.15, 0.2) is 0 Å². The molecular weight excluding hydrogens is 188 g/mol. The quantitative estimate of drug-likeness (QED) is 0.771. The highest BCUT2D eigenvalue weighted by Crippen LogP contribution is 2.46. The third-order valence-electron chi connectivity index (χ3n) is 4.27. The van der Waals surface area contributed by atoms with Gasteiger partial charge in [-0.3, -0.25) is 4.79 Å². The Hall–Kier alpha value is -0.530. The number of carbonyl (C=O) groups is 1. The van der Waals surface area contributed by atoms with Crippen LogP contribution in [0.4, 0.5) is 0 Å². The Morgan fingerprint density at radius 3 is 2.67 bits per heavy atom. The molecule has 86 valence electrons. The van der Waals surface area contributed by atoms with Gasteiger partial charge in [0, 0.05) is 0 Å². The molecular formula is C13H22O2. The van der Waals surface area contributed by atoms with E-state index in [0.717, 1.165) is 38.0 Å². The van der Waals surface area contributed by atoms with Crippen LogP contribution < -0.4 is 0 Å². The van der Waals surface area contributed by atoms with Gasteiger partial charge in [0.15, 0.2) is 0 Å². The fourth-order valence-electron chi connectivity index (χ4n) is 3.08. The van der Waals surface area contributed by atoms with Gasteiger partial charge in [-0.2, -0.15) is 0 Å². The molecule has 0 radical (unpaired) electrons. The Morgan fingerprint density at radius 1 is 1.40 bits per heavy atom. The Bertz CT molecular complexity index is 245. The van der Waals surface area contributed by atoms with Crippen LogP contribution in [0.2, 0.25) is 0 Å². The van der Waals surface area contributed by atoms with Gasteiger partial charge >= 0.3 is 5.97 Å². The number of aliphatic carboxylic acids is 1. The van der Waals surface area contributed by atoms with E-state index >= 15 is 0 Å². The second kappa shape index (κ2) is 4.15. The van der Waals surface area contributed by atoms with E-state index in [0.29, 0.717) is 5.92 Å². The molecule has 0 aliphatic heterocycles. The summed E-state index contributed by atoms with van der Waals surface area (Å²) >= 11 is 0. The van der Waals surface area contributed by atoms with Crippen molar-refractivity contribution in [3.05, 3.63) is 0 Å². The first-order valence-electron chi connectivity index (χ1n) is 6.36. The van der Waals surface area contributed by atoms with E-state index in [1.165, 1.54) is 19.3 Å². The molecule has 0 saturated heterocycles. The molecule has 0 aromatic carbocycles. The van der Waals surface area contributed by atoms with E-state index in [4.69, 9.17) is 0 Å². The lowest BCUT2D eigenvalue weighted by atomic mass is 9.67. The fourth-order valence-corrected chi connectivity index (χ4v) is 3.08. The van der Waals surface area contributed by atoms with E-state index in [1.54, 1.807) is 0 Å². The van der Waals surface area contributed by atoms with E-state index in [9.17, 15) is 9.90 Å². The molecule has 0 amide bonds. The van der Waals surface area contributed by atoms with Gasteiger partial charge in [-0.1, -0.05) is 32.6 Å². The van der Waals surface area contributed by atoms with Crippen molar-refractivity contribution < 1.29 is 9.90 Å². The predicted octanol–water partition coefficient (Wildman–Crippen LogP) is 3.46. The van der Waals surface area contributed by atoms with Crippen molar-refractivity contribution in [3.63, 3.8) is 0 Å². The Balaban J connectivity index is 1.97. The van der Waals surface area contributed by atoms with Crippen LogP contribution in [0.3, 0.4) is 0 Å². The number of carboxylic acids is 1. The predicted molar refractivity (Wildman–Crippen MR) is 59.7 cm³/mol. The largest absolute Gasteiger partial charge is 0.481 e. The van der Waals surface area contributed by atoms with Gasteiger partial charge in [0.05, 0.1) is 5.41 Å². The molecule has 0 spiro atoms. The first kappa shape index (κ1) is 11.0. The lowest BCUT2D eigenvalue weighted by Gasteiger charge is -2.36. The zero-order valence-corrected chi connectivity index (χ0v) is 9.67. The van der Waals surface area contributed by atoms with Crippen molar-refractivity contribution in [2.24, 2.45) is 17.3 Å². The van der Waals surface area contributed by atoms with Crippen LogP contribution in [0.5, 0.6) is 0 Å². The summed E-state index contributed by atoms with van der Waals surface area (Å²) in [7, 11) is 0. The second-order valence-electron chi connectivity index (χ2n) is 5.77. The molecule has 2 unspecified atom stereocenters. The minimum absolute atomic E-state index is 0.361. The summed E-state index contributed by atoms with van der Waals surface area (Å²) in [6, 6.07) is 0. The molecule has 2 aliphatic rings.